The molecule has 2 unspecified atom stereocenters. The van der Waals surface area contributed by atoms with E-state index in [-0.39, 0.29) is 17.6 Å². The van der Waals surface area contributed by atoms with Gasteiger partial charge in [-0.2, -0.15) is 0 Å². The van der Waals surface area contributed by atoms with Gasteiger partial charge in [0, 0.05) is 54.7 Å². The van der Waals surface area contributed by atoms with Crippen LogP contribution >= 0.6 is 0 Å². The van der Waals surface area contributed by atoms with Crippen LogP contribution in [0.1, 0.15) is 165 Å². The lowest BCUT2D eigenvalue weighted by Gasteiger charge is -2.26. The van der Waals surface area contributed by atoms with Gasteiger partial charge < -0.3 is 14.6 Å². The molecule has 2 atom stereocenters. The number of fused-ring (bicyclic) bond motifs is 1. The molecule has 2 fully saturated rings. The fraction of sp³-hybridized carbons (Fsp3) is 0.591. The molecule has 2 aromatic carbocycles. The summed E-state index contributed by atoms with van der Waals surface area (Å²) in [6, 6.07) is 12.8. The molecule has 7 nitrogen and oxygen atoms in total. The van der Waals surface area contributed by atoms with E-state index in [9.17, 15) is 14.4 Å². The van der Waals surface area contributed by atoms with E-state index < -0.39 is 0 Å². The van der Waals surface area contributed by atoms with Crippen molar-refractivity contribution in [3.8, 4) is 0 Å². The van der Waals surface area contributed by atoms with E-state index in [1.165, 1.54) is 30.4 Å². The number of Topliss-reactive ketones (excluding diaryl/α,β-unsaturated/α-hetero) is 2. The largest absolute Gasteiger partial charge is 0.448 e. The number of hydrogen-bond donors (Lipinski definition) is 1. The van der Waals surface area contributed by atoms with Crippen molar-refractivity contribution in [2.45, 2.75) is 142 Å². The Bertz CT molecular complexity index is 1640. The second-order valence-corrected chi connectivity index (χ2v) is 15.6. The van der Waals surface area contributed by atoms with Crippen molar-refractivity contribution < 1.29 is 18.8 Å². The minimum Gasteiger partial charge on any atom is -0.448 e. The number of carbonyl (C=O) groups excluding carboxylic acids is 3. The van der Waals surface area contributed by atoms with E-state index in [0.717, 1.165) is 145 Å². The van der Waals surface area contributed by atoms with Crippen molar-refractivity contribution >= 4 is 28.8 Å². The Morgan fingerprint density at radius 3 is 2.59 bits per heavy atom. The van der Waals surface area contributed by atoms with Crippen molar-refractivity contribution in [2.24, 2.45) is 11.8 Å². The van der Waals surface area contributed by atoms with Gasteiger partial charge in [0.25, 0.3) is 5.91 Å². The monoisotopic (exact) mass is 693 g/mol. The number of rotatable bonds is 17. The second kappa shape index (κ2) is 18.1. The summed E-state index contributed by atoms with van der Waals surface area (Å²) in [6.45, 7) is 6.50. The molecule has 0 spiro atoms. The van der Waals surface area contributed by atoms with Crippen LogP contribution in [0.15, 0.2) is 47.1 Å². The third kappa shape index (κ3) is 10.2. The van der Waals surface area contributed by atoms with Gasteiger partial charge in [-0.15, -0.1) is 0 Å². The number of unbranched alkanes of at least 4 members (excludes halogenated alkanes) is 3. The molecule has 3 aromatic rings. The number of hydrogen-bond acceptors (Lipinski definition) is 6. The Hall–Kier alpha value is -3.74. The zero-order valence-electron chi connectivity index (χ0n) is 31.2. The van der Waals surface area contributed by atoms with Gasteiger partial charge in [0.1, 0.15) is 12.0 Å². The van der Waals surface area contributed by atoms with Crippen LogP contribution in [0.5, 0.6) is 0 Å². The van der Waals surface area contributed by atoms with Crippen LogP contribution in [0.2, 0.25) is 0 Å². The van der Waals surface area contributed by atoms with Crippen molar-refractivity contribution in [3.05, 3.63) is 76.5 Å². The number of carbonyl (C=O) groups is 3. The van der Waals surface area contributed by atoms with Gasteiger partial charge in [0.2, 0.25) is 0 Å². The Balaban J connectivity index is 1.11. The summed E-state index contributed by atoms with van der Waals surface area (Å²) in [5, 5.41) is 3.16. The molecular formula is C44H59N3O4. The van der Waals surface area contributed by atoms with Crippen LogP contribution in [0, 0.1) is 18.8 Å². The van der Waals surface area contributed by atoms with Crippen LogP contribution in [0.4, 0.5) is 11.4 Å². The maximum absolute atomic E-state index is 14.1. The Morgan fingerprint density at radius 1 is 0.922 bits per heavy atom. The smallest absolute Gasteiger partial charge is 0.277 e. The molecule has 0 bridgehead atoms. The van der Waals surface area contributed by atoms with Gasteiger partial charge in [0.05, 0.1) is 0 Å². The number of benzene rings is 2. The number of para-hydroxylation sites is 1. The van der Waals surface area contributed by atoms with Crippen molar-refractivity contribution in [1.29, 1.82) is 0 Å². The highest BCUT2D eigenvalue weighted by atomic mass is 16.3. The first-order chi connectivity index (χ1) is 24.9. The summed E-state index contributed by atoms with van der Waals surface area (Å²) < 4.78 is 5.63. The zero-order valence-corrected chi connectivity index (χ0v) is 31.2. The van der Waals surface area contributed by atoms with Crippen LogP contribution in [0.25, 0.3) is 0 Å². The predicted molar refractivity (Wildman–Crippen MR) is 205 cm³/mol. The first kappa shape index (κ1) is 37.0. The molecule has 2 saturated carbocycles. The predicted octanol–water partition coefficient (Wildman–Crippen LogP) is 10.6. The molecular weight excluding hydrogens is 635 g/mol. The summed E-state index contributed by atoms with van der Waals surface area (Å²) in [5.74, 6) is 1.87. The molecule has 1 N–H and O–H groups in total. The summed E-state index contributed by atoms with van der Waals surface area (Å²) in [7, 11) is 0. The Morgan fingerprint density at radius 2 is 1.76 bits per heavy atom. The number of oxazole rings is 1. The van der Waals surface area contributed by atoms with E-state index in [2.05, 4.69) is 59.4 Å². The number of anilines is 2. The van der Waals surface area contributed by atoms with Crippen molar-refractivity contribution in [1.82, 2.24) is 4.98 Å². The third-order valence-corrected chi connectivity index (χ3v) is 11.5. The van der Waals surface area contributed by atoms with Gasteiger partial charge >= 0.3 is 0 Å². The molecule has 1 heterocycles. The van der Waals surface area contributed by atoms with E-state index in [0.29, 0.717) is 29.2 Å². The number of aromatic nitrogens is 1. The second-order valence-electron chi connectivity index (χ2n) is 15.6. The fourth-order valence-electron chi connectivity index (χ4n) is 8.40. The number of nitrogens with one attached hydrogen (secondary N) is 1. The molecule has 0 saturated heterocycles. The van der Waals surface area contributed by atoms with Crippen molar-refractivity contribution in [3.63, 3.8) is 0 Å². The molecule has 0 aliphatic heterocycles. The normalized spacial score (nSPS) is 19.3. The van der Waals surface area contributed by atoms with Crippen LogP contribution in [0.3, 0.4) is 0 Å². The SMILES string of the molecule is CCCN(CCCCCc1cc2c(cc1NC(=O)c1coc(C3CC3)n1)C(=O)C(CCCCC1CCCCC(=O)C1)CCC2)c1ccccc1C. The van der Waals surface area contributed by atoms with Crippen molar-refractivity contribution in [2.75, 3.05) is 23.3 Å². The number of aryl methyl sites for hydroxylation is 3. The van der Waals surface area contributed by atoms with Gasteiger partial charge in [-0.25, -0.2) is 4.98 Å². The van der Waals surface area contributed by atoms with Crippen LogP contribution < -0.4 is 10.2 Å². The molecule has 274 valence electrons. The first-order valence-electron chi connectivity index (χ1n) is 20.2. The molecule has 3 aliphatic carbocycles. The molecule has 3 aliphatic rings. The molecule has 1 aromatic heterocycles. The summed E-state index contributed by atoms with van der Waals surface area (Å²) in [6.07, 6.45) is 20.5. The maximum Gasteiger partial charge on any atom is 0.277 e. The van der Waals surface area contributed by atoms with E-state index in [1.54, 1.807) is 0 Å². The highest BCUT2D eigenvalue weighted by Crippen LogP contribution is 2.39. The van der Waals surface area contributed by atoms with Crippen LogP contribution in [-0.2, 0) is 17.6 Å². The van der Waals surface area contributed by atoms with E-state index >= 15 is 0 Å². The lowest BCUT2D eigenvalue weighted by molar-refractivity contribution is -0.119. The quantitative estimate of drug-likeness (QED) is 0.0859. The lowest BCUT2D eigenvalue weighted by Crippen LogP contribution is -2.26. The Kier molecular flexibility index (Phi) is 13.2. The highest BCUT2D eigenvalue weighted by molar-refractivity contribution is 6.05. The highest BCUT2D eigenvalue weighted by Gasteiger charge is 2.30. The Labute approximate surface area is 305 Å². The average Bonchev–Trinajstić information content (AvgIpc) is 3.92. The van der Waals surface area contributed by atoms with E-state index in [4.69, 9.17) is 4.42 Å². The molecule has 0 radical (unpaired) electrons. The van der Waals surface area contributed by atoms with Gasteiger partial charge in [-0.1, -0.05) is 69.7 Å². The van der Waals surface area contributed by atoms with Gasteiger partial charge in [-0.05, 0) is 112 Å². The maximum atomic E-state index is 14.1. The topological polar surface area (TPSA) is 92.5 Å². The first-order valence-corrected chi connectivity index (χ1v) is 20.2. The van der Waals surface area contributed by atoms with E-state index in [1.807, 2.05) is 6.07 Å². The lowest BCUT2D eigenvalue weighted by atomic mass is 9.87. The minimum atomic E-state index is -0.282. The summed E-state index contributed by atoms with van der Waals surface area (Å²) in [5.41, 5.74) is 6.67. The summed E-state index contributed by atoms with van der Waals surface area (Å²) >= 11 is 0. The standard InChI is InChI=1S/C44H59N3O4/c1-3-25-47(41-22-11-6-14-31(41)2)26-12-4-5-18-36-28-35-20-13-19-33(17-9-7-15-32-16-8-10-21-37(48)27-32)42(49)38(35)29-39(36)45-43(50)40-30-51-44(46-40)34-23-24-34/h6,11,14,22,28-30,32-34H,3-5,7-10,12-13,15-21,23-27H2,1-2H3,(H,45,50). The average molecular weight is 694 g/mol. The minimum absolute atomic E-state index is 0.00683. The van der Waals surface area contributed by atoms with Gasteiger partial charge in [0.15, 0.2) is 17.4 Å². The number of nitrogens with zero attached hydrogens (tertiary/aromatic N) is 2. The molecule has 7 heteroatoms. The molecule has 51 heavy (non-hydrogen) atoms. The molecule has 6 rings (SSSR count). The third-order valence-electron chi connectivity index (χ3n) is 11.5. The van der Waals surface area contributed by atoms with Crippen LogP contribution in [-0.4, -0.2) is 35.5 Å². The number of amides is 1. The van der Waals surface area contributed by atoms with Gasteiger partial charge in [-0.3, -0.25) is 14.4 Å². The fourth-order valence-corrected chi connectivity index (χ4v) is 8.40. The summed E-state index contributed by atoms with van der Waals surface area (Å²) in [4.78, 5) is 46.7. The molecule has 1 amide bonds. The zero-order chi connectivity index (χ0) is 35.6. The number of ketones is 2.